The number of halogens is 1. The monoisotopic (exact) mass is 398 g/mol. The summed E-state index contributed by atoms with van der Waals surface area (Å²) in [5, 5.41) is 2.65. The highest BCUT2D eigenvalue weighted by Gasteiger charge is 2.27. The molecule has 2 heterocycles. The summed E-state index contributed by atoms with van der Waals surface area (Å²) >= 11 is 1.08. The zero-order chi connectivity index (χ0) is 18.6. The van der Waals surface area contributed by atoms with Gasteiger partial charge in [-0.3, -0.25) is 4.79 Å². The predicted octanol–water partition coefficient (Wildman–Crippen LogP) is 1.77. The molecular formula is C17H19FN2O4S2. The summed E-state index contributed by atoms with van der Waals surface area (Å²) in [5.41, 5.74) is 0.405. The fraction of sp³-hybridized carbons (Fsp3) is 0.353. The Hall–Kier alpha value is -1.81. The average molecular weight is 398 g/mol. The Morgan fingerprint density at radius 3 is 2.65 bits per heavy atom. The lowest BCUT2D eigenvalue weighted by Crippen LogP contribution is -2.40. The lowest BCUT2D eigenvalue weighted by molar-refractivity contribution is -0.120. The third-order valence-electron chi connectivity index (χ3n) is 3.97. The molecule has 1 N–H and O–H groups in total. The van der Waals surface area contributed by atoms with Crippen molar-refractivity contribution >= 4 is 27.3 Å². The molecule has 0 aliphatic carbocycles. The number of carbonyl (C=O) groups is 1. The maximum atomic E-state index is 13.5. The van der Waals surface area contributed by atoms with Gasteiger partial charge in [-0.05, 0) is 18.2 Å². The summed E-state index contributed by atoms with van der Waals surface area (Å²) in [6.07, 6.45) is 0.0533. The Morgan fingerprint density at radius 1 is 1.19 bits per heavy atom. The molecule has 1 aromatic heterocycles. The zero-order valence-electron chi connectivity index (χ0n) is 14.0. The Kier molecular flexibility index (Phi) is 6.02. The molecule has 0 spiro atoms. The number of thiophene rings is 1. The Morgan fingerprint density at radius 2 is 1.92 bits per heavy atom. The molecule has 9 heteroatoms. The molecule has 0 radical (unpaired) electrons. The van der Waals surface area contributed by atoms with Crippen molar-refractivity contribution < 1.29 is 22.3 Å². The van der Waals surface area contributed by atoms with Crippen LogP contribution < -0.4 is 5.32 Å². The maximum absolute atomic E-state index is 13.5. The molecule has 0 saturated carbocycles. The first kappa shape index (κ1) is 19.0. The third kappa shape index (κ3) is 4.47. The van der Waals surface area contributed by atoms with E-state index in [0.717, 1.165) is 11.3 Å². The minimum atomic E-state index is -3.55. The van der Waals surface area contributed by atoms with Crippen molar-refractivity contribution in [1.82, 2.24) is 9.62 Å². The van der Waals surface area contributed by atoms with Gasteiger partial charge >= 0.3 is 0 Å². The minimum absolute atomic E-state index is 0.0533. The van der Waals surface area contributed by atoms with E-state index in [1.807, 2.05) is 0 Å². The standard InChI is InChI=1S/C17H19FN2O4S2/c18-15-4-2-1-3-13(15)12-19-16(21)11-14-5-6-17(25-14)26(22,23)20-7-9-24-10-8-20/h1-6H,7-12H2,(H,19,21). The lowest BCUT2D eigenvalue weighted by Gasteiger charge is -2.25. The molecule has 1 fully saturated rings. The highest BCUT2D eigenvalue weighted by atomic mass is 32.2. The fourth-order valence-electron chi connectivity index (χ4n) is 2.56. The van der Waals surface area contributed by atoms with Crippen molar-refractivity contribution in [2.75, 3.05) is 26.3 Å². The summed E-state index contributed by atoms with van der Waals surface area (Å²) < 4.78 is 45.5. The van der Waals surface area contributed by atoms with Gasteiger partial charge in [0.1, 0.15) is 10.0 Å². The van der Waals surface area contributed by atoms with Gasteiger partial charge in [-0.1, -0.05) is 18.2 Å². The minimum Gasteiger partial charge on any atom is -0.379 e. The topological polar surface area (TPSA) is 75.7 Å². The van der Waals surface area contributed by atoms with Gasteiger partial charge in [0.05, 0.1) is 19.6 Å². The number of nitrogens with one attached hydrogen (secondary N) is 1. The maximum Gasteiger partial charge on any atom is 0.252 e. The lowest BCUT2D eigenvalue weighted by atomic mass is 10.2. The largest absolute Gasteiger partial charge is 0.379 e. The van der Waals surface area contributed by atoms with E-state index in [2.05, 4.69) is 5.32 Å². The van der Waals surface area contributed by atoms with Gasteiger partial charge in [0.25, 0.3) is 10.0 Å². The predicted molar refractivity (Wildman–Crippen MR) is 95.8 cm³/mol. The number of hydrogen-bond donors (Lipinski definition) is 1. The number of carbonyl (C=O) groups excluding carboxylic acids is 1. The molecule has 1 aliphatic rings. The number of hydrogen-bond acceptors (Lipinski definition) is 5. The van der Waals surface area contributed by atoms with Crippen LogP contribution in [0.5, 0.6) is 0 Å². The Bertz CT molecular complexity index is 876. The van der Waals surface area contributed by atoms with Gasteiger partial charge in [0, 0.05) is 30.1 Å². The van der Waals surface area contributed by atoms with Gasteiger partial charge in [-0.25, -0.2) is 12.8 Å². The number of nitrogens with zero attached hydrogens (tertiary/aromatic N) is 1. The van der Waals surface area contributed by atoms with Crippen LogP contribution in [0.4, 0.5) is 4.39 Å². The summed E-state index contributed by atoms with van der Waals surface area (Å²) in [4.78, 5) is 12.7. The normalized spacial score (nSPS) is 15.7. The number of amides is 1. The van der Waals surface area contributed by atoms with Gasteiger partial charge in [-0.15, -0.1) is 11.3 Å². The molecule has 0 unspecified atom stereocenters. The van der Waals surface area contributed by atoms with Crippen LogP contribution in [0, 0.1) is 5.82 Å². The van der Waals surface area contributed by atoms with E-state index in [1.54, 1.807) is 24.3 Å². The number of ether oxygens (including phenoxy) is 1. The van der Waals surface area contributed by atoms with Crippen LogP contribution in [0.25, 0.3) is 0 Å². The Labute approximate surface area is 155 Å². The SMILES string of the molecule is O=C(Cc1ccc(S(=O)(=O)N2CCOCC2)s1)NCc1ccccc1F. The number of morpholine rings is 1. The van der Waals surface area contributed by atoms with Gasteiger partial charge < -0.3 is 10.1 Å². The molecule has 2 aromatic rings. The fourth-order valence-corrected chi connectivity index (χ4v) is 5.48. The van der Waals surface area contributed by atoms with Crippen LogP contribution in [-0.2, 0) is 32.5 Å². The first-order valence-corrected chi connectivity index (χ1v) is 10.4. The molecule has 1 amide bonds. The summed E-state index contributed by atoms with van der Waals surface area (Å²) in [6, 6.07) is 9.39. The molecule has 0 bridgehead atoms. The van der Waals surface area contributed by atoms with E-state index in [4.69, 9.17) is 4.74 Å². The van der Waals surface area contributed by atoms with Crippen molar-refractivity contribution in [1.29, 1.82) is 0 Å². The van der Waals surface area contributed by atoms with Crippen molar-refractivity contribution in [3.8, 4) is 0 Å². The first-order chi connectivity index (χ1) is 12.5. The van der Waals surface area contributed by atoms with E-state index in [0.29, 0.717) is 36.7 Å². The first-order valence-electron chi connectivity index (χ1n) is 8.13. The second kappa shape index (κ2) is 8.26. The second-order valence-electron chi connectivity index (χ2n) is 5.78. The van der Waals surface area contributed by atoms with Crippen LogP contribution in [0.1, 0.15) is 10.4 Å². The van der Waals surface area contributed by atoms with Crippen LogP contribution >= 0.6 is 11.3 Å². The highest BCUT2D eigenvalue weighted by Crippen LogP contribution is 2.26. The number of sulfonamides is 1. The van der Waals surface area contributed by atoms with E-state index in [-0.39, 0.29) is 28.9 Å². The zero-order valence-corrected chi connectivity index (χ0v) is 15.6. The second-order valence-corrected chi connectivity index (χ2v) is 9.12. The van der Waals surface area contributed by atoms with Gasteiger partial charge in [0.15, 0.2) is 0 Å². The molecule has 1 aromatic carbocycles. The average Bonchev–Trinajstić information content (AvgIpc) is 3.11. The van der Waals surface area contributed by atoms with Gasteiger partial charge in [0.2, 0.25) is 5.91 Å². The molecule has 140 valence electrons. The molecule has 1 aliphatic heterocycles. The Balaban J connectivity index is 1.59. The van der Waals surface area contributed by atoms with Crippen molar-refractivity contribution in [3.05, 3.63) is 52.7 Å². The summed E-state index contributed by atoms with van der Waals surface area (Å²) in [7, 11) is -3.55. The summed E-state index contributed by atoms with van der Waals surface area (Å²) in [6.45, 7) is 1.53. The summed E-state index contributed by atoms with van der Waals surface area (Å²) in [5.74, 6) is -0.659. The molecule has 1 saturated heterocycles. The molecule has 26 heavy (non-hydrogen) atoms. The van der Waals surface area contributed by atoms with E-state index < -0.39 is 10.0 Å². The quantitative estimate of drug-likeness (QED) is 0.805. The van der Waals surface area contributed by atoms with Crippen molar-refractivity contribution in [2.45, 2.75) is 17.2 Å². The molecule has 0 atom stereocenters. The van der Waals surface area contributed by atoms with Crippen molar-refractivity contribution in [3.63, 3.8) is 0 Å². The number of rotatable bonds is 6. The van der Waals surface area contributed by atoms with Crippen molar-refractivity contribution in [2.24, 2.45) is 0 Å². The highest BCUT2D eigenvalue weighted by molar-refractivity contribution is 7.91. The van der Waals surface area contributed by atoms with Crippen LogP contribution in [-0.4, -0.2) is 44.9 Å². The smallest absolute Gasteiger partial charge is 0.252 e. The number of benzene rings is 1. The van der Waals surface area contributed by atoms with E-state index in [9.17, 15) is 17.6 Å². The van der Waals surface area contributed by atoms with Gasteiger partial charge in [-0.2, -0.15) is 4.31 Å². The molecule has 6 nitrogen and oxygen atoms in total. The van der Waals surface area contributed by atoms with Crippen LogP contribution in [0.3, 0.4) is 0 Å². The van der Waals surface area contributed by atoms with Crippen LogP contribution in [0.2, 0.25) is 0 Å². The molecular weight excluding hydrogens is 379 g/mol. The third-order valence-corrected chi connectivity index (χ3v) is 7.42. The van der Waals surface area contributed by atoms with E-state index >= 15 is 0 Å². The van der Waals surface area contributed by atoms with E-state index in [1.165, 1.54) is 16.4 Å². The van der Waals surface area contributed by atoms with Crippen LogP contribution in [0.15, 0.2) is 40.6 Å². The molecule has 3 rings (SSSR count).